The first-order chi connectivity index (χ1) is 14.9. The first kappa shape index (κ1) is 20.3. The van der Waals surface area contributed by atoms with E-state index in [2.05, 4.69) is 10.3 Å². The number of aromatic nitrogens is 2. The second-order valence-electron chi connectivity index (χ2n) is 7.43. The summed E-state index contributed by atoms with van der Waals surface area (Å²) in [4.78, 5) is 28.3. The van der Waals surface area contributed by atoms with E-state index in [4.69, 9.17) is 4.42 Å². The van der Waals surface area contributed by atoms with Crippen molar-refractivity contribution in [2.45, 2.75) is 26.8 Å². The van der Waals surface area contributed by atoms with Gasteiger partial charge in [-0.05, 0) is 50.6 Å². The van der Waals surface area contributed by atoms with Crippen LogP contribution in [0.1, 0.15) is 52.2 Å². The van der Waals surface area contributed by atoms with Crippen molar-refractivity contribution >= 4 is 11.7 Å². The van der Waals surface area contributed by atoms with Crippen molar-refractivity contribution in [1.82, 2.24) is 14.9 Å². The fourth-order valence-corrected chi connectivity index (χ4v) is 3.41. The number of hydrogen-bond acceptors (Lipinski definition) is 4. The molecule has 1 atom stereocenters. The monoisotopic (exact) mass is 413 g/mol. The molecule has 31 heavy (non-hydrogen) atoms. The van der Waals surface area contributed by atoms with E-state index >= 15 is 0 Å². The molecule has 0 fully saturated rings. The summed E-state index contributed by atoms with van der Waals surface area (Å²) in [5.41, 5.74) is 3.45. The molecule has 1 amide bonds. The van der Waals surface area contributed by atoms with Crippen LogP contribution in [0.5, 0.6) is 0 Å². The summed E-state index contributed by atoms with van der Waals surface area (Å²) < 4.78 is 7.74. The zero-order valence-corrected chi connectivity index (χ0v) is 17.6. The first-order valence-electron chi connectivity index (χ1n) is 10.0. The standard InChI is InChI=1S/C25H23N3O3/c1-16(19-8-10-22(11-9-19)28-15-14-26-18(28)3)27-25(30)24-13-12-23(31-24)21-6-4-20(5-7-21)17(2)29/h4-16H,1-3H3,(H,27,30)/t16-/m1/s1. The molecule has 4 aromatic rings. The summed E-state index contributed by atoms with van der Waals surface area (Å²) in [6, 6.07) is 18.3. The molecule has 0 aliphatic carbocycles. The van der Waals surface area contributed by atoms with Crippen LogP contribution in [0.4, 0.5) is 0 Å². The molecule has 2 aromatic carbocycles. The normalized spacial score (nSPS) is 11.8. The number of imidazole rings is 1. The SMILES string of the molecule is CC(=O)c1ccc(-c2ccc(C(=O)N[C@H](C)c3ccc(-n4ccnc4C)cc3)o2)cc1. The highest BCUT2D eigenvalue weighted by atomic mass is 16.3. The molecular weight excluding hydrogens is 390 g/mol. The van der Waals surface area contributed by atoms with Gasteiger partial charge in [0.15, 0.2) is 11.5 Å². The van der Waals surface area contributed by atoms with Crippen LogP contribution in [0.25, 0.3) is 17.0 Å². The number of hydrogen-bond donors (Lipinski definition) is 1. The summed E-state index contributed by atoms with van der Waals surface area (Å²) in [5, 5.41) is 2.97. The van der Waals surface area contributed by atoms with Gasteiger partial charge in [-0.1, -0.05) is 36.4 Å². The first-order valence-corrected chi connectivity index (χ1v) is 10.0. The highest BCUT2D eigenvalue weighted by molar-refractivity contribution is 5.94. The van der Waals surface area contributed by atoms with Gasteiger partial charge in [0.2, 0.25) is 0 Å². The van der Waals surface area contributed by atoms with Crippen molar-refractivity contribution in [1.29, 1.82) is 0 Å². The second-order valence-corrected chi connectivity index (χ2v) is 7.43. The molecule has 0 bridgehead atoms. The van der Waals surface area contributed by atoms with E-state index in [1.807, 2.05) is 61.0 Å². The third-order valence-corrected chi connectivity index (χ3v) is 5.25. The van der Waals surface area contributed by atoms with Crippen LogP contribution >= 0.6 is 0 Å². The molecule has 2 heterocycles. The maximum absolute atomic E-state index is 12.7. The minimum absolute atomic E-state index is 0.00763. The van der Waals surface area contributed by atoms with Crippen LogP contribution in [0.2, 0.25) is 0 Å². The number of aryl methyl sites for hydroxylation is 1. The molecule has 6 heteroatoms. The number of furan rings is 1. The maximum atomic E-state index is 12.7. The summed E-state index contributed by atoms with van der Waals surface area (Å²) in [6.07, 6.45) is 3.68. The van der Waals surface area contributed by atoms with E-state index in [-0.39, 0.29) is 23.5 Å². The molecule has 0 unspecified atom stereocenters. The number of nitrogens with one attached hydrogen (secondary N) is 1. The minimum Gasteiger partial charge on any atom is -0.451 e. The van der Waals surface area contributed by atoms with Gasteiger partial charge in [-0.2, -0.15) is 0 Å². The Hall–Kier alpha value is -3.93. The highest BCUT2D eigenvalue weighted by Gasteiger charge is 2.16. The van der Waals surface area contributed by atoms with Crippen LogP contribution in [-0.4, -0.2) is 21.2 Å². The summed E-state index contributed by atoms with van der Waals surface area (Å²) >= 11 is 0. The number of ketones is 1. The number of carbonyl (C=O) groups is 2. The Kier molecular flexibility index (Phi) is 5.54. The molecule has 0 aliphatic rings. The van der Waals surface area contributed by atoms with E-state index in [9.17, 15) is 9.59 Å². The Bertz CT molecular complexity index is 1220. The summed E-state index contributed by atoms with van der Waals surface area (Å²) in [5.74, 6) is 1.46. The van der Waals surface area contributed by atoms with E-state index < -0.39 is 0 Å². The van der Waals surface area contributed by atoms with E-state index in [0.29, 0.717) is 11.3 Å². The average Bonchev–Trinajstić information content (AvgIpc) is 3.43. The molecule has 156 valence electrons. The maximum Gasteiger partial charge on any atom is 0.287 e. The van der Waals surface area contributed by atoms with Gasteiger partial charge in [-0.15, -0.1) is 0 Å². The molecule has 6 nitrogen and oxygen atoms in total. The zero-order valence-electron chi connectivity index (χ0n) is 17.6. The average molecular weight is 413 g/mol. The second kappa shape index (κ2) is 8.44. The third kappa shape index (κ3) is 4.33. The zero-order chi connectivity index (χ0) is 22.0. The fourth-order valence-electron chi connectivity index (χ4n) is 3.41. The number of carbonyl (C=O) groups excluding carboxylic acids is 2. The predicted molar refractivity (Wildman–Crippen MR) is 118 cm³/mol. The van der Waals surface area contributed by atoms with E-state index in [1.54, 1.807) is 30.5 Å². The molecular formula is C25H23N3O3. The fraction of sp³-hybridized carbons (Fsp3) is 0.160. The Morgan fingerprint density at radius 1 is 1.00 bits per heavy atom. The predicted octanol–water partition coefficient (Wildman–Crippen LogP) is 5.13. The van der Waals surface area contributed by atoms with Crippen molar-refractivity contribution in [2.75, 3.05) is 0 Å². The number of Topliss-reactive ketones (excluding diaryl/α,β-unsaturated/α-hetero) is 1. The van der Waals surface area contributed by atoms with Gasteiger partial charge in [-0.3, -0.25) is 9.59 Å². The summed E-state index contributed by atoms with van der Waals surface area (Å²) in [6.45, 7) is 5.41. The molecule has 2 aromatic heterocycles. The smallest absolute Gasteiger partial charge is 0.287 e. The lowest BCUT2D eigenvalue weighted by Gasteiger charge is -2.14. The number of nitrogens with zero attached hydrogens (tertiary/aromatic N) is 2. The van der Waals surface area contributed by atoms with Crippen molar-refractivity contribution in [3.8, 4) is 17.0 Å². The van der Waals surface area contributed by atoms with E-state index in [1.165, 1.54) is 6.92 Å². The van der Waals surface area contributed by atoms with Crippen LogP contribution in [0.15, 0.2) is 77.5 Å². The molecule has 0 spiro atoms. The minimum atomic E-state index is -0.284. The topological polar surface area (TPSA) is 77.1 Å². The van der Waals surface area contributed by atoms with Crippen molar-refractivity contribution in [3.63, 3.8) is 0 Å². The van der Waals surface area contributed by atoms with Gasteiger partial charge >= 0.3 is 0 Å². The molecule has 0 saturated carbocycles. The largest absolute Gasteiger partial charge is 0.451 e. The molecule has 1 N–H and O–H groups in total. The van der Waals surface area contributed by atoms with E-state index in [0.717, 1.165) is 22.6 Å². The Morgan fingerprint density at radius 3 is 2.32 bits per heavy atom. The quantitative estimate of drug-likeness (QED) is 0.444. The number of rotatable bonds is 6. The highest BCUT2D eigenvalue weighted by Crippen LogP contribution is 2.24. The van der Waals surface area contributed by atoms with Crippen LogP contribution < -0.4 is 5.32 Å². The van der Waals surface area contributed by atoms with Crippen LogP contribution in [0, 0.1) is 6.92 Å². The Labute approximate surface area is 180 Å². The Balaban J connectivity index is 1.43. The lowest BCUT2D eigenvalue weighted by Crippen LogP contribution is -2.26. The van der Waals surface area contributed by atoms with Crippen molar-refractivity contribution in [2.24, 2.45) is 0 Å². The Morgan fingerprint density at radius 2 is 1.71 bits per heavy atom. The summed E-state index contributed by atoms with van der Waals surface area (Å²) in [7, 11) is 0. The van der Waals surface area contributed by atoms with Gasteiger partial charge < -0.3 is 14.3 Å². The number of amides is 1. The number of benzene rings is 2. The van der Waals surface area contributed by atoms with Gasteiger partial charge in [0.1, 0.15) is 11.6 Å². The lowest BCUT2D eigenvalue weighted by molar-refractivity contribution is 0.0912. The van der Waals surface area contributed by atoms with Crippen LogP contribution in [-0.2, 0) is 0 Å². The van der Waals surface area contributed by atoms with Gasteiger partial charge in [-0.25, -0.2) is 4.98 Å². The molecule has 0 saturated heterocycles. The molecule has 0 radical (unpaired) electrons. The van der Waals surface area contributed by atoms with Gasteiger partial charge in [0.05, 0.1) is 6.04 Å². The molecule has 4 rings (SSSR count). The molecule has 0 aliphatic heterocycles. The van der Waals surface area contributed by atoms with Gasteiger partial charge in [0, 0.05) is 29.2 Å². The lowest BCUT2D eigenvalue weighted by atomic mass is 10.1. The van der Waals surface area contributed by atoms with Crippen LogP contribution in [0.3, 0.4) is 0 Å². The third-order valence-electron chi connectivity index (χ3n) is 5.25. The van der Waals surface area contributed by atoms with Crippen molar-refractivity contribution in [3.05, 3.63) is 95.8 Å². The van der Waals surface area contributed by atoms with Crippen molar-refractivity contribution < 1.29 is 14.0 Å². The van der Waals surface area contributed by atoms with Gasteiger partial charge in [0.25, 0.3) is 5.91 Å².